The molecule has 0 aromatic carbocycles. The van der Waals surface area contributed by atoms with E-state index >= 15 is 0 Å². The number of carbonyl (C=O) groups excluding carboxylic acids is 2. The third-order valence-electron chi connectivity index (χ3n) is 13.1. The van der Waals surface area contributed by atoms with Crippen LogP contribution in [0.2, 0.25) is 0 Å². The van der Waals surface area contributed by atoms with Crippen molar-refractivity contribution in [2.24, 2.45) is 35.5 Å². The number of esters is 2. The number of hydrogen-bond donors (Lipinski definition) is 0. The number of halogens is 6. The van der Waals surface area contributed by atoms with Gasteiger partial charge in [0.05, 0.1) is 12.8 Å². The maximum Gasteiger partial charge on any atom is 0.449 e. The second-order valence-corrected chi connectivity index (χ2v) is 16.5. The van der Waals surface area contributed by atoms with Crippen molar-refractivity contribution < 1.29 is 83.9 Å². The summed E-state index contributed by atoms with van der Waals surface area (Å²) in [6.07, 6.45) is -10.5. The quantitative estimate of drug-likeness (QED) is 0.150. The summed E-state index contributed by atoms with van der Waals surface area (Å²) in [5.74, 6) is -9.60. The van der Waals surface area contributed by atoms with Crippen LogP contribution >= 0.6 is 0 Å². The van der Waals surface area contributed by atoms with Crippen LogP contribution in [0.25, 0.3) is 0 Å². The Labute approximate surface area is 306 Å². The molecule has 54 heavy (non-hydrogen) atoms. The summed E-state index contributed by atoms with van der Waals surface area (Å²) >= 11 is 0. The minimum Gasteiger partial charge on any atom is -0.461 e. The average molecular weight is 783 g/mol. The van der Waals surface area contributed by atoms with E-state index in [1.165, 1.54) is 0 Å². The van der Waals surface area contributed by atoms with Crippen LogP contribution in [0.4, 0.5) is 26.3 Å². The molecule has 8 heterocycles. The van der Waals surface area contributed by atoms with Crippen molar-refractivity contribution in [2.45, 2.75) is 140 Å². The van der Waals surface area contributed by atoms with E-state index in [0.717, 1.165) is 0 Å². The molecule has 0 amide bonds. The third kappa shape index (κ3) is 6.03. The number of hydrogen-bond acceptors (Lipinski definition) is 12. The van der Waals surface area contributed by atoms with E-state index < -0.39 is 109 Å². The first kappa shape index (κ1) is 38.2. The highest BCUT2D eigenvalue weighted by atomic mass is 19.4. The zero-order chi connectivity index (χ0) is 38.6. The number of fused-ring (bicyclic) bond motifs is 4. The highest BCUT2D eigenvalue weighted by Crippen LogP contribution is 2.63. The lowest BCUT2D eigenvalue weighted by Gasteiger charge is -2.57. The maximum atomic E-state index is 14.5. The van der Waals surface area contributed by atoms with Crippen LogP contribution in [-0.2, 0) is 57.6 Å². The fraction of sp³-hybridized carbons (Fsp3) is 0.833. The number of rotatable bonds is 7. The van der Waals surface area contributed by atoms with Crippen molar-refractivity contribution >= 4 is 11.9 Å². The van der Waals surface area contributed by atoms with Gasteiger partial charge in [-0.3, -0.25) is 9.59 Å². The Balaban J connectivity index is 0.950. The van der Waals surface area contributed by atoms with Gasteiger partial charge in [0, 0.05) is 47.7 Å². The van der Waals surface area contributed by atoms with Crippen LogP contribution in [0, 0.1) is 35.5 Å². The molecule has 18 heteroatoms. The fourth-order valence-corrected chi connectivity index (χ4v) is 10.5. The monoisotopic (exact) mass is 782 g/mol. The van der Waals surface area contributed by atoms with Gasteiger partial charge in [-0.1, -0.05) is 13.8 Å². The van der Waals surface area contributed by atoms with Gasteiger partial charge >= 0.3 is 24.3 Å². The standard InChI is InChI=1S/C36H44F6O12/c1-17-5-7-23-19(27(35(37,38)39)47-29-33(23)21(17)11-13-31(3,49-29)51-53-33)15-45-25(43)9-10-26(44)46-16-20-24-8-6-18(2)22-12-14-32(4)50-30(34(22,24)54-52-32)48-28(20)36(40,41)42/h17-18,21-24,29-30H,5-16H2,1-4H3/t17-,18-,21?,22?,23+,24+,29-,30?,31+,32+,33-,34-/m1/s1. The summed E-state index contributed by atoms with van der Waals surface area (Å²) in [6, 6.07) is 0. The molecule has 8 fully saturated rings. The molecule has 0 radical (unpaired) electrons. The van der Waals surface area contributed by atoms with Crippen molar-refractivity contribution in [1.82, 2.24) is 0 Å². The summed E-state index contributed by atoms with van der Waals surface area (Å²) in [5.41, 5.74) is -3.48. The second-order valence-electron chi connectivity index (χ2n) is 16.5. The van der Waals surface area contributed by atoms with E-state index in [2.05, 4.69) is 0 Å². The predicted molar refractivity (Wildman–Crippen MR) is 165 cm³/mol. The van der Waals surface area contributed by atoms with Gasteiger partial charge in [-0.15, -0.1) is 0 Å². The molecule has 10 aliphatic rings. The zero-order valence-electron chi connectivity index (χ0n) is 30.3. The van der Waals surface area contributed by atoms with E-state index in [0.29, 0.717) is 38.5 Å². The van der Waals surface area contributed by atoms with Crippen LogP contribution in [0.1, 0.15) is 91.9 Å². The average Bonchev–Trinajstić information content (AvgIpc) is 3.47. The molecular formula is C36H44F6O12. The molecule has 8 aliphatic heterocycles. The zero-order valence-corrected chi connectivity index (χ0v) is 30.3. The Morgan fingerprint density at radius 1 is 0.630 bits per heavy atom. The number of allylic oxidation sites excluding steroid dienone is 2. The van der Waals surface area contributed by atoms with Gasteiger partial charge in [-0.05, 0) is 64.2 Å². The van der Waals surface area contributed by atoms with Gasteiger partial charge in [-0.25, -0.2) is 19.6 Å². The highest BCUT2D eigenvalue weighted by Gasteiger charge is 2.72. The Morgan fingerprint density at radius 3 is 1.39 bits per heavy atom. The molecule has 4 bridgehead atoms. The summed E-state index contributed by atoms with van der Waals surface area (Å²) in [7, 11) is 0. The van der Waals surface area contributed by atoms with Gasteiger partial charge in [0.25, 0.3) is 0 Å². The minimum absolute atomic E-state index is 0.0504. The Bertz CT molecular complexity index is 1500. The smallest absolute Gasteiger partial charge is 0.449 e. The lowest BCUT2D eigenvalue weighted by molar-refractivity contribution is -0.558. The molecule has 302 valence electrons. The Morgan fingerprint density at radius 2 is 1.02 bits per heavy atom. The van der Waals surface area contributed by atoms with Crippen molar-refractivity contribution in [3.05, 3.63) is 22.7 Å². The van der Waals surface area contributed by atoms with Crippen LogP contribution in [0.3, 0.4) is 0 Å². The van der Waals surface area contributed by atoms with E-state index in [4.69, 9.17) is 48.0 Å². The molecule has 3 unspecified atom stereocenters. The van der Waals surface area contributed by atoms with Crippen LogP contribution < -0.4 is 0 Å². The molecular weight excluding hydrogens is 738 g/mol. The molecule has 2 spiro atoms. The number of ether oxygens (including phenoxy) is 6. The van der Waals surface area contributed by atoms with Crippen LogP contribution in [0.5, 0.6) is 0 Å². The van der Waals surface area contributed by atoms with Crippen molar-refractivity contribution in [3.63, 3.8) is 0 Å². The van der Waals surface area contributed by atoms with Gasteiger partial charge in [0.1, 0.15) is 13.2 Å². The molecule has 12 atom stereocenters. The minimum atomic E-state index is -4.96. The van der Waals surface area contributed by atoms with Crippen LogP contribution in [0.15, 0.2) is 22.7 Å². The Kier molecular flexibility index (Phi) is 9.17. The lowest BCUT2D eigenvalue weighted by Crippen LogP contribution is -2.67. The highest BCUT2D eigenvalue weighted by molar-refractivity contribution is 5.77. The van der Waals surface area contributed by atoms with E-state index in [9.17, 15) is 35.9 Å². The number of carbonyl (C=O) groups is 2. The predicted octanol–water partition coefficient (Wildman–Crippen LogP) is 6.98. The fourth-order valence-electron chi connectivity index (χ4n) is 10.5. The molecule has 2 aliphatic carbocycles. The first-order chi connectivity index (χ1) is 25.3. The normalized spacial score (nSPS) is 44.0. The summed E-state index contributed by atoms with van der Waals surface area (Å²) < 4.78 is 120. The third-order valence-corrected chi connectivity index (χ3v) is 13.1. The first-order valence-corrected chi connectivity index (χ1v) is 18.6. The van der Waals surface area contributed by atoms with Crippen molar-refractivity contribution in [1.29, 1.82) is 0 Å². The van der Waals surface area contributed by atoms with E-state index in [-0.39, 0.29) is 47.7 Å². The topological polar surface area (TPSA) is 126 Å². The van der Waals surface area contributed by atoms with Gasteiger partial charge in [0.15, 0.2) is 11.2 Å². The molecule has 12 nitrogen and oxygen atoms in total. The van der Waals surface area contributed by atoms with Crippen molar-refractivity contribution in [2.75, 3.05) is 13.2 Å². The molecule has 10 rings (SSSR count). The molecule has 2 saturated carbocycles. The van der Waals surface area contributed by atoms with E-state index in [1.807, 2.05) is 13.8 Å². The number of alkyl halides is 6. The van der Waals surface area contributed by atoms with Gasteiger partial charge in [-0.2, -0.15) is 26.3 Å². The van der Waals surface area contributed by atoms with Gasteiger partial charge < -0.3 is 28.4 Å². The van der Waals surface area contributed by atoms with E-state index in [1.54, 1.807) is 13.8 Å². The lowest BCUT2D eigenvalue weighted by atomic mass is 9.59. The van der Waals surface area contributed by atoms with Crippen molar-refractivity contribution in [3.8, 4) is 0 Å². The molecule has 0 N–H and O–H groups in total. The van der Waals surface area contributed by atoms with Gasteiger partial charge in [0.2, 0.25) is 35.7 Å². The maximum absolute atomic E-state index is 14.5. The summed E-state index contributed by atoms with van der Waals surface area (Å²) in [6.45, 7) is 5.51. The second kappa shape index (κ2) is 12.9. The summed E-state index contributed by atoms with van der Waals surface area (Å²) in [4.78, 5) is 48.9. The molecule has 0 aromatic rings. The van der Waals surface area contributed by atoms with Crippen LogP contribution in [-0.4, -0.2) is 72.9 Å². The molecule has 0 aromatic heterocycles. The molecule has 6 saturated heterocycles. The Hall–Kier alpha value is -2.64. The largest absolute Gasteiger partial charge is 0.461 e. The summed E-state index contributed by atoms with van der Waals surface area (Å²) in [5, 5.41) is 0. The SMILES string of the molecule is C[C@@H]1CC[C@H]2C(COC(=O)CCC(=O)OCC3=C(C(F)(F)F)O[C@@H]4O[C@]5(C)CCC6[C@H](C)CC[C@@H]3[C@]64OO5)=C(C(F)(F)F)OC3O[C@]4(C)CCC1[C@]32OO4. The first-order valence-electron chi connectivity index (χ1n) is 18.6.